The van der Waals surface area contributed by atoms with E-state index in [4.69, 9.17) is 14.2 Å². The lowest BCUT2D eigenvalue weighted by atomic mass is 9.48. The molecule has 1 aromatic rings. The minimum atomic E-state index is -0.540. The molecule has 1 amide bonds. The van der Waals surface area contributed by atoms with Crippen LogP contribution >= 0.6 is 0 Å². The molecule has 1 atom stereocenters. The lowest BCUT2D eigenvalue weighted by Crippen LogP contribution is -2.56. The molecule has 0 unspecified atom stereocenters. The number of carbonyl (C=O) groups excluding carboxylic acids is 2. The Kier molecular flexibility index (Phi) is 6.44. The summed E-state index contributed by atoms with van der Waals surface area (Å²) in [6.07, 6.45) is 7.82. The molecule has 4 aliphatic carbocycles. The Bertz CT molecular complexity index is 785. The standard InChI is InChI=1S/C25H35NO5/c1-4-29-21-7-6-20(11-22(21)30-5-2)24(28)31-15-23(27)26-16(3)25-12-17-8-18(13-25)10-19(9-17)14-25/h6-7,11,16-19H,4-5,8-10,12-15H2,1-3H3,(H,26,27)/t16-,17?,18?,19?,25?/m1/s1. The third-order valence-corrected chi connectivity index (χ3v) is 7.50. The van der Waals surface area contributed by atoms with Gasteiger partial charge in [0.25, 0.3) is 5.91 Å². The van der Waals surface area contributed by atoms with E-state index in [0.29, 0.717) is 30.3 Å². The van der Waals surface area contributed by atoms with Gasteiger partial charge in [-0.15, -0.1) is 0 Å². The van der Waals surface area contributed by atoms with Crippen LogP contribution in [-0.2, 0) is 9.53 Å². The molecular weight excluding hydrogens is 394 g/mol. The maximum Gasteiger partial charge on any atom is 0.338 e. The van der Waals surface area contributed by atoms with Gasteiger partial charge in [0, 0.05) is 6.04 Å². The minimum Gasteiger partial charge on any atom is -0.490 e. The monoisotopic (exact) mass is 429 g/mol. The molecule has 4 saturated carbocycles. The molecule has 6 nitrogen and oxygen atoms in total. The van der Waals surface area contributed by atoms with E-state index in [1.165, 1.54) is 38.5 Å². The maximum absolute atomic E-state index is 12.6. The molecule has 1 N–H and O–H groups in total. The average Bonchev–Trinajstić information content (AvgIpc) is 2.72. The van der Waals surface area contributed by atoms with Crippen molar-refractivity contribution in [2.45, 2.75) is 65.3 Å². The molecule has 0 aromatic heterocycles. The number of esters is 1. The second kappa shape index (κ2) is 9.09. The number of nitrogens with one attached hydrogen (secondary N) is 1. The first-order valence-electron chi connectivity index (χ1n) is 11.8. The van der Waals surface area contributed by atoms with Crippen molar-refractivity contribution in [3.63, 3.8) is 0 Å². The van der Waals surface area contributed by atoms with E-state index in [9.17, 15) is 9.59 Å². The van der Waals surface area contributed by atoms with E-state index >= 15 is 0 Å². The summed E-state index contributed by atoms with van der Waals surface area (Å²) in [5.41, 5.74) is 0.574. The highest BCUT2D eigenvalue weighted by atomic mass is 16.5. The number of amides is 1. The summed E-state index contributed by atoms with van der Waals surface area (Å²) >= 11 is 0. The molecular formula is C25H35NO5. The zero-order valence-electron chi connectivity index (χ0n) is 18.9. The Hall–Kier alpha value is -2.24. The van der Waals surface area contributed by atoms with Crippen molar-refractivity contribution in [1.29, 1.82) is 0 Å². The number of carbonyl (C=O) groups is 2. The number of hydrogen-bond donors (Lipinski definition) is 1. The lowest BCUT2D eigenvalue weighted by molar-refractivity contribution is -0.128. The zero-order valence-corrected chi connectivity index (χ0v) is 18.9. The van der Waals surface area contributed by atoms with Crippen LogP contribution in [0.15, 0.2) is 18.2 Å². The molecule has 0 saturated heterocycles. The van der Waals surface area contributed by atoms with Gasteiger partial charge in [0.2, 0.25) is 0 Å². The Morgan fingerprint density at radius 3 is 2.16 bits per heavy atom. The second-order valence-corrected chi connectivity index (χ2v) is 9.67. The first kappa shape index (κ1) is 22.0. The van der Waals surface area contributed by atoms with Crippen LogP contribution in [0.2, 0.25) is 0 Å². The van der Waals surface area contributed by atoms with Crippen molar-refractivity contribution >= 4 is 11.9 Å². The van der Waals surface area contributed by atoms with Gasteiger partial charge in [-0.25, -0.2) is 4.79 Å². The summed E-state index contributed by atoms with van der Waals surface area (Å²) in [6.45, 7) is 6.59. The summed E-state index contributed by atoms with van der Waals surface area (Å²) in [7, 11) is 0. The molecule has 170 valence electrons. The molecule has 4 bridgehead atoms. The van der Waals surface area contributed by atoms with Gasteiger partial charge in [0.1, 0.15) is 0 Å². The maximum atomic E-state index is 12.6. The Labute approximate surface area is 185 Å². The van der Waals surface area contributed by atoms with Crippen molar-refractivity contribution in [2.75, 3.05) is 19.8 Å². The highest BCUT2D eigenvalue weighted by molar-refractivity contribution is 5.92. The van der Waals surface area contributed by atoms with Gasteiger partial charge in [0.05, 0.1) is 18.8 Å². The summed E-state index contributed by atoms with van der Waals surface area (Å²) < 4.78 is 16.4. The lowest BCUT2D eigenvalue weighted by Gasteiger charge is -2.59. The fraction of sp³-hybridized carbons (Fsp3) is 0.680. The summed E-state index contributed by atoms with van der Waals surface area (Å²) in [6, 6.07) is 5.04. The van der Waals surface area contributed by atoms with E-state index in [0.717, 1.165) is 17.8 Å². The molecule has 0 radical (unpaired) electrons. The van der Waals surface area contributed by atoms with Crippen LogP contribution in [0.25, 0.3) is 0 Å². The average molecular weight is 430 g/mol. The zero-order chi connectivity index (χ0) is 22.0. The van der Waals surface area contributed by atoms with E-state index in [1.54, 1.807) is 18.2 Å². The third kappa shape index (κ3) is 4.68. The molecule has 4 aliphatic rings. The molecule has 5 rings (SSSR count). The van der Waals surface area contributed by atoms with Crippen LogP contribution in [0.5, 0.6) is 11.5 Å². The van der Waals surface area contributed by atoms with E-state index in [2.05, 4.69) is 12.2 Å². The normalized spacial score (nSPS) is 29.3. The summed E-state index contributed by atoms with van der Waals surface area (Å²) in [5.74, 6) is 2.82. The largest absolute Gasteiger partial charge is 0.490 e. The Morgan fingerprint density at radius 2 is 1.58 bits per heavy atom. The molecule has 1 aromatic carbocycles. The third-order valence-electron chi connectivity index (χ3n) is 7.50. The van der Waals surface area contributed by atoms with Gasteiger partial charge in [-0.3, -0.25) is 4.79 Å². The molecule has 0 spiro atoms. The van der Waals surface area contributed by atoms with Crippen molar-refractivity contribution in [2.24, 2.45) is 23.2 Å². The van der Waals surface area contributed by atoms with Crippen molar-refractivity contribution in [3.05, 3.63) is 23.8 Å². The van der Waals surface area contributed by atoms with Gasteiger partial charge in [-0.05, 0) is 101 Å². The Morgan fingerprint density at radius 1 is 1.00 bits per heavy atom. The van der Waals surface area contributed by atoms with Crippen molar-refractivity contribution in [1.82, 2.24) is 5.32 Å². The van der Waals surface area contributed by atoms with Crippen LogP contribution in [0.3, 0.4) is 0 Å². The predicted octanol–water partition coefficient (Wildman–Crippen LogP) is 4.36. The fourth-order valence-corrected chi connectivity index (χ4v) is 6.54. The summed E-state index contributed by atoms with van der Waals surface area (Å²) in [5, 5.41) is 3.14. The van der Waals surface area contributed by atoms with Crippen molar-refractivity contribution in [3.8, 4) is 11.5 Å². The van der Waals surface area contributed by atoms with E-state index < -0.39 is 5.97 Å². The van der Waals surface area contributed by atoms with Gasteiger partial charge in [-0.2, -0.15) is 0 Å². The first-order valence-corrected chi connectivity index (χ1v) is 11.8. The number of ether oxygens (including phenoxy) is 3. The van der Waals surface area contributed by atoms with Gasteiger partial charge < -0.3 is 19.5 Å². The number of rotatable bonds is 9. The van der Waals surface area contributed by atoms with Crippen LogP contribution in [0.4, 0.5) is 0 Å². The van der Waals surface area contributed by atoms with Crippen LogP contribution in [0.1, 0.15) is 69.7 Å². The SMILES string of the molecule is CCOc1ccc(C(=O)OCC(=O)N[C@H](C)C23CC4CC(CC(C4)C2)C3)cc1OCC. The fourth-order valence-electron chi connectivity index (χ4n) is 6.54. The van der Waals surface area contributed by atoms with Gasteiger partial charge in [-0.1, -0.05) is 0 Å². The second-order valence-electron chi connectivity index (χ2n) is 9.67. The summed E-state index contributed by atoms with van der Waals surface area (Å²) in [4.78, 5) is 25.0. The predicted molar refractivity (Wildman–Crippen MR) is 117 cm³/mol. The van der Waals surface area contributed by atoms with Gasteiger partial charge >= 0.3 is 5.97 Å². The van der Waals surface area contributed by atoms with E-state index in [1.807, 2.05) is 13.8 Å². The first-order chi connectivity index (χ1) is 14.9. The Balaban J connectivity index is 1.31. The van der Waals surface area contributed by atoms with Crippen LogP contribution in [0, 0.1) is 23.2 Å². The van der Waals surface area contributed by atoms with E-state index in [-0.39, 0.29) is 24.0 Å². The smallest absolute Gasteiger partial charge is 0.338 e. The highest BCUT2D eigenvalue weighted by Gasteiger charge is 2.53. The minimum absolute atomic E-state index is 0.113. The molecule has 4 fully saturated rings. The van der Waals surface area contributed by atoms with Crippen LogP contribution in [-0.4, -0.2) is 37.7 Å². The molecule has 6 heteroatoms. The molecule has 31 heavy (non-hydrogen) atoms. The van der Waals surface area contributed by atoms with Gasteiger partial charge in [0.15, 0.2) is 18.1 Å². The molecule has 0 aliphatic heterocycles. The highest BCUT2D eigenvalue weighted by Crippen LogP contribution is 2.61. The topological polar surface area (TPSA) is 73.9 Å². The van der Waals surface area contributed by atoms with Crippen molar-refractivity contribution < 1.29 is 23.8 Å². The number of hydrogen-bond acceptors (Lipinski definition) is 5. The van der Waals surface area contributed by atoms with Crippen LogP contribution < -0.4 is 14.8 Å². The number of benzene rings is 1. The molecule has 0 heterocycles. The quantitative estimate of drug-likeness (QED) is 0.591.